The van der Waals surface area contributed by atoms with E-state index in [1.54, 1.807) is 0 Å². The molecule has 2 atom stereocenters. The maximum Gasteiger partial charge on any atom is 0.472 e. The first-order valence-corrected chi connectivity index (χ1v) is 34.6. The van der Waals surface area contributed by atoms with Gasteiger partial charge < -0.3 is 18.9 Å². The van der Waals surface area contributed by atoms with E-state index in [9.17, 15) is 19.0 Å². The fourth-order valence-electron chi connectivity index (χ4n) is 9.87. The minimum absolute atomic E-state index is 0.0311. The molecular weight excluding hydrogens is 966 g/mol. The number of quaternary nitrogens is 1. The second-order valence-corrected chi connectivity index (χ2v) is 25.3. The van der Waals surface area contributed by atoms with Gasteiger partial charge in [0.15, 0.2) is 6.10 Å². The molecule has 0 spiro atoms. The average Bonchev–Trinajstić information content (AvgIpc) is 3.38. The summed E-state index contributed by atoms with van der Waals surface area (Å²) in [6, 6.07) is 0. The van der Waals surface area contributed by atoms with Gasteiger partial charge in [0.05, 0.1) is 27.7 Å². The minimum atomic E-state index is -4.39. The normalized spacial score (nSPS) is 13.3. The zero-order valence-corrected chi connectivity index (χ0v) is 52.2. The number of phosphoric acid groups is 1. The molecule has 0 fully saturated rings. The van der Waals surface area contributed by atoms with Crippen LogP contribution in [-0.4, -0.2) is 74.9 Å². The second-order valence-electron chi connectivity index (χ2n) is 23.9. The Balaban J connectivity index is 3.90. The van der Waals surface area contributed by atoms with Gasteiger partial charge >= 0.3 is 19.8 Å². The number of ether oxygens (including phenoxy) is 2. The number of unbranched alkanes of at least 4 members (excludes halogenated alkanes) is 44. The van der Waals surface area contributed by atoms with Gasteiger partial charge in [0.2, 0.25) is 0 Å². The first-order chi connectivity index (χ1) is 37.0. The molecule has 0 aliphatic rings. The quantitative estimate of drug-likeness (QED) is 0.0211. The number of phosphoric ester groups is 1. The van der Waals surface area contributed by atoms with Crippen molar-refractivity contribution in [2.24, 2.45) is 0 Å². The van der Waals surface area contributed by atoms with Crippen LogP contribution < -0.4 is 0 Å². The van der Waals surface area contributed by atoms with Gasteiger partial charge in [-0.15, -0.1) is 0 Å². The number of carbonyl (C=O) groups excluding carboxylic acids is 2. The van der Waals surface area contributed by atoms with E-state index in [1.165, 1.54) is 244 Å². The Morgan fingerprint density at radius 2 is 0.711 bits per heavy atom. The summed E-state index contributed by atoms with van der Waals surface area (Å²) in [6.07, 6.45) is 71.6. The number of hydrogen-bond acceptors (Lipinski definition) is 7. The molecule has 0 aliphatic carbocycles. The van der Waals surface area contributed by atoms with Crippen molar-refractivity contribution < 1.29 is 42.1 Å². The van der Waals surface area contributed by atoms with Gasteiger partial charge in [-0.25, -0.2) is 4.57 Å². The predicted octanol–water partition coefficient (Wildman–Crippen LogP) is 20.9. The highest BCUT2D eigenvalue weighted by Crippen LogP contribution is 2.43. The van der Waals surface area contributed by atoms with Crippen LogP contribution in [0, 0.1) is 0 Å². The molecule has 0 aromatic rings. The Labute approximate surface area is 472 Å². The Morgan fingerprint density at radius 1 is 0.408 bits per heavy atom. The molecule has 1 N–H and O–H groups in total. The van der Waals surface area contributed by atoms with Crippen LogP contribution in [0.15, 0.2) is 24.3 Å². The maximum absolute atomic E-state index is 12.8. The van der Waals surface area contributed by atoms with E-state index in [1.807, 2.05) is 21.1 Å². The lowest BCUT2D eigenvalue weighted by atomic mass is 10.0. The number of likely N-dealkylation sites (N-methyl/N-ethyl adjacent to an activating group) is 1. The van der Waals surface area contributed by atoms with E-state index >= 15 is 0 Å². The lowest BCUT2D eigenvalue weighted by molar-refractivity contribution is -0.870. The molecule has 0 radical (unpaired) electrons. The summed E-state index contributed by atoms with van der Waals surface area (Å²) >= 11 is 0. The molecule has 76 heavy (non-hydrogen) atoms. The molecular formula is C66H129NO8P+. The first kappa shape index (κ1) is 74.5. The van der Waals surface area contributed by atoms with E-state index < -0.39 is 26.5 Å². The molecule has 0 heterocycles. The van der Waals surface area contributed by atoms with Crippen LogP contribution >= 0.6 is 7.82 Å². The first-order valence-electron chi connectivity index (χ1n) is 33.1. The van der Waals surface area contributed by atoms with Crippen molar-refractivity contribution in [3.63, 3.8) is 0 Å². The van der Waals surface area contributed by atoms with Crippen molar-refractivity contribution in [1.82, 2.24) is 0 Å². The molecule has 10 heteroatoms. The number of rotatable bonds is 62. The molecule has 0 aliphatic heterocycles. The van der Waals surface area contributed by atoms with E-state index in [0.717, 1.165) is 57.8 Å². The molecule has 0 saturated heterocycles. The molecule has 0 amide bonds. The Kier molecular flexibility index (Phi) is 57.0. The second kappa shape index (κ2) is 58.2. The van der Waals surface area contributed by atoms with Gasteiger partial charge in [-0.05, 0) is 44.9 Å². The number of hydrogen-bond donors (Lipinski definition) is 1. The Bertz CT molecular complexity index is 1330. The van der Waals surface area contributed by atoms with Crippen LogP contribution in [0.1, 0.15) is 335 Å². The van der Waals surface area contributed by atoms with Gasteiger partial charge in [0.25, 0.3) is 0 Å². The molecule has 0 aromatic carbocycles. The van der Waals surface area contributed by atoms with Crippen molar-refractivity contribution in [1.29, 1.82) is 0 Å². The summed E-state index contributed by atoms with van der Waals surface area (Å²) < 4.78 is 34.6. The Hall–Kier alpha value is -1.51. The summed E-state index contributed by atoms with van der Waals surface area (Å²) in [6.45, 7) is 4.45. The standard InChI is InChI=1S/C66H128NO8P/c1-6-8-10-12-14-16-18-20-22-24-25-26-27-28-29-30-31-32-33-34-35-36-37-38-39-40-41-42-43-45-46-48-50-52-54-56-58-65(68)72-62-64(63-74-76(70,71)73-61-60-67(3,4)5)75-66(69)59-57-55-53-51-49-47-44-23-21-19-17-15-13-11-9-7-2/h17,19,23,44,64H,6-16,18,20-22,24-43,45-63H2,1-5H3/p+1/b19-17-,44-23-. The highest BCUT2D eigenvalue weighted by Gasteiger charge is 2.27. The molecule has 9 nitrogen and oxygen atoms in total. The van der Waals surface area contributed by atoms with Gasteiger partial charge in [-0.1, -0.05) is 301 Å². The Morgan fingerprint density at radius 3 is 1.05 bits per heavy atom. The molecule has 0 bridgehead atoms. The third-order valence-electron chi connectivity index (χ3n) is 15.0. The zero-order chi connectivity index (χ0) is 55.6. The van der Waals surface area contributed by atoms with Gasteiger partial charge in [-0.3, -0.25) is 18.6 Å². The summed E-state index contributed by atoms with van der Waals surface area (Å²) in [5.74, 6) is -0.797. The molecule has 0 saturated carbocycles. The predicted molar refractivity (Wildman–Crippen MR) is 326 cm³/mol. The summed E-state index contributed by atoms with van der Waals surface area (Å²) in [5.41, 5.74) is 0. The molecule has 0 aromatic heterocycles. The summed E-state index contributed by atoms with van der Waals surface area (Å²) in [7, 11) is 1.48. The molecule has 2 unspecified atom stereocenters. The topological polar surface area (TPSA) is 108 Å². The highest BCUT2D eigenvalue weighted by molar-refractivity contribution is 7.47. The van der Waals surface area contributed by atoms with Crippen LogP contribution in [-0.2, 0) is 32.7 Å². The lowest BCUT2D eigenvalue weighted by Crippen LogP contribution is -2.37. The van der Waals surface area contributed by atoms with Crippen molar-refractivity contribution >= 4 is 19.8 Å². The van der Waals surface area contributed by atoms with Gasteiger partial charge in [-0.2, -0.15) is 0 Å². The van der Waals surface area contributed by atoms with Crippen molar-refractivity contribution in [2.45, 2.75) is 341 Å². The monoisotopic (exact) mass is 1090 g/mol. The number of nitrogens with zero attached hydrogens (tertiary/aromatic N) is 1. The summed E-state index contributed by atoms with van der Waals surface area (Å²) in [5, 5.41) is 0. The zero-order valence-electron chi connectivity index (χ0n) is 51.3. The third kappa shape index (κ3) is 61.7. The van der Waals surface area contributed by atoms with Crippen LogP contribution in [0.4, 0.5) is 0 Å². The van der Waals surface area contributed by atoms with E-state index in [-0.39, 0.29) is 25.6 Å². The molecule has 450 valence electrons. The number of carbonyl (C=O) groups is 2. The SMILES string of the molecule is CCCCCC/C=C\C/C=C\CCCCCCCC(=O)OC(COC(=O)CCCCCCCCCCCCCCCCCCCCCCCCCCCCCCCCCCCCCC)COP(=O)(O)OCC[N+](C)(C)C. The number of allylic oxidation sites excluding steroid dienone is 4. The van der Waals surface area contributed by atoms with Crippen LogP contribution in [0.2, 0.25) is 0 Å². The van der Waals surface area contributed by atoms with E-state index in [0.29, 0.717) is 23.9 Å². The summed E-state index contributed by atoms with van der Waals surface area (Å²) in [4.78, 5) is 35.7. The fraction of sp³-hybridized carbons (Fsp3) is 0.909. The highest BCUT2D eigenvalue weighted by atomic mass is 31.2. The van der Waals surface area contributed by atoms with E-state index in [4.69, 9.17) is 18.5 Å². The minimum Gasteiger partial charge on any atom is -0.462 e. The molecule has 0 rings (SSSR count). The fourth-order valence-corrected chi connectivity index (χ4v) is 10.6. The largest absolute Gasteiger partial charge is 0.472 e. The van der Waals surface area contributed by atoms with E-state index in [2.05, 4.69) is 38.2 Å². The van der Waals surface area contributed by atoms with Gasteiger partial charge in [0.1, 0.15) is 19.8 Å². The van der Waals surface area contributed by atoms with Crippen LogP contribution in [0.3, 0.4) is 0 Å². The smallest absolute Gasteiger partial charge is 0.462 e. The van der Waals surface area contributed by atoms with Gasteiger partial charge in [0, 0.05) is 12.8 Å². The lowest BCUT2D eigenvalue weighted by Gasteiger charge is -2.24. The van der Waals surface area contributed by atoms with Crippen LogP contribution in [0.25, 0.3) is 0 Å². The van der Waals surface area contributed by atoms with Crippen molar-refractivity contribution in [3.8, 4) is 0 Å². The third-order valence-corrected chi connectivity index (χ3v) is 16.0. The van der Waals surface area contributed by atoms with Crippen molar-refractivity contribution in [3.05, 3.63) is 24.3 Å². The number of esters is 2. The van der Waals surface area contributed by atoms with Crippen LogP contribution in [0.5, 0.6) is 0 Å². The van der Waals surface area contributed by atoms with Crippen molar-refractivity contribution in [2.75, 3.05) is 47.5 Å². The maximum atomic E-state index is 12.8. The average molecular weight is 1100 g/mol.